The summed E-state index contributed by atoms with van der Waals surface area (Å²) in [5.41, 5.74) is 6.90. The Morgan fingerprint density at radius 3 is 2.45 bits per heavy atom. The van der Waals surface area contributed by atoms with Crippen molar-refractivity contribution < 1.29 is 4.74 Å². The first-order valence-corrected chi connectivity index (χ1v) is 8.20. The molecular formula is C19H26N2O. The van der Waals surface area contributed by atoms with Crippen LogP contribution in [0, 0.1) is 13.8 Å². The van der Waals surface area contributed by atoms with E-state index in [-0.39, 0.29) is 0 Å². The van der Waals surface area contributed by atoms with Crippen LogP contribution in [0.3, 0.4) is 0 Å². The standard InChI is InChI=1S/C19H26N2O/c1-6-9-15-12-13(4)19(20-14(15)5)16-10-11-18(22-8-3)21-17(16)7-2/h10-12H,6-9H2,1-5H3. The molecule has 0 aliphatic carbocycles. The van der Waals surface area contributed by atoms with Crippen molar-refractivity contribution in [3.05, 3.63) is 40.7 Å². The maximum absolute atomic E-state index is 5.51. The first-order valence-electron chi connectivity index (χ1n) is 8.20. The summed E-state index contributed by atoms with van der Waals surface area (Å²) in [4.78, 5) is 9.49. The lowest BCUT2D eigenvalue weighted by Gasteiger charge is -2.14. The van der Waals surface area contributed by atoms with Crippen molar-refractivity contribution in [2.24, 2.45) is 0 Å². The van der Waals surface area contributed by atoms with Crippen LogP contribution in [0.25, 0.3) is 11.3 Å². The van der Waals surface area contributed by atoms with Crippen LogP contribution in [0.4, 0.5) is 0 Å². The zero-order valence-electron chi connectivity index (χ0n) is 14.4. The zero-order chi connectivity index (χ0) is 16.1. The molecule has 0 aliphatic heterocycles. The van der Waals surface area contributed by atoms with E-state index in [1.54, 1.807) is 0 Å². The van der Waals surface area contributed by atoms with Crippen LogP contribution < -0.4 is 4.74 Å². The highest BCUT2D eigenvalue weighted by molar-refractivity contribution is 5.66. The zero-order valence-corrected chi connectivity index (χ0v) is 14.4. The molecule has 0 saturated carbocycles. The molecule has 0 N–H and O–H groups in total. The van der Waals surface area contributed by atoms with Gasteiger partial charge >= 0.3 is 0 Å². The van der Waals surface area contributed by atoms with Gasteiger partial charge < -0.3 is 4.74 Å². The van der Waals surface area contributed by atoms with Crippen molar-refractivity contribution in [3.8, 4) is 17.1 Å². The fourth-order valence-electron chi connectivity index (χ4n) is 2.75. The molecule has 0 radical (unpaired) electrons. The van der Waals surface area contributed by atoms with Crippen LogP contribution in [-0.4, -0.2) is 16.6 Å². The maximum atomic E-state index is 5.51. The van der Waals surface area contributed by atoms with Crippen molar-refractivity contribution in [2.45, 2.75) is 53.9 Å². The molecule has 3 nitrogen and oxygen atoms in total. The van der Waals surface area contributed by atoms with Gasteiger partial charge in [-0.3, -0.25) is 4.98 Å². The van der Waals surface area contributed by atoms with E-state index in [0.29, 0.717) is 12.5 Å². The molecule has 0 bridgehead atoms. The molecule has 0 fully saturated rings. The normalized spacial score (nSPS) is 10.8. The molecule has 2 aromatic heterocycles. The Bertz CT molecular complexity index is 650. The second-order valence-electron chi connectivity index (χ2n) is 5.58. The Kier molecular flexibility index (Phi) is 5.53. The molecule has 0 spiro atoms. The van der Waals surface area contributed by atoms with Gasteiger partial charge in [0.2, 0.25) is 5.88 Å². The predicted octanol–water partition coefficient (Wildman–Crippen LogP) is 4.67. The van der Waals surface area contributed by atoms with Gasteiger partial charge in [0.1, 0.15) is 0 Å². The molecule has 118 valence electrons. The van der Waals surface area contributed by atoms with Crippen LogP contribution in [0.2, 0.25) is 0 Å². The largest absolute Gasteiger partial charge is 0.478 e. The van der Waals surface area contributed by atoms with Crippen molar-refractivity contribution in [3.63, 3.8) is 0 Å². The third kappa shape index (κ3) is 3.46. The Morgan fingerprint density at radius 2 is 1.82 bits per heavy atom. The fraction of sp³-hybridized carbons (Fsp3) is 0.474. The van der Waals surface area contributed by atoms with Crippen molar-refractivity contribution in [1.29, 1.82) is 0 Å². The van der Waals surface area contributed by atoms with Gasteiger partial charge in [-0.25, -0.2) is 4.98 Å². The highest BCUT2D eigenvalue weighted by atomic mass is 16.5. The summed E-state index contributed by atoms with van der Waals surface area (Å²) in [5.74, 6) is 0.695. The lowest BCUT2D eigenvalue weighted by atomic mass is 9.99. The number of rotatable bonds is 6. The number of aromatic nitrogens is 2. The summed E-state index contributed by atoms with van der Waals surface area (Å²) in [5, 5.41) is 0. The Labute approximate surface area is 133 Å². The van der Waals surface area contributed by atoms with Gasteiger partial charge in [-0.05, 0) is 50.8 Å². The minimum absolute atomic E-state index is 0.637. The Morgan fingerprint density at radius 1 is 1.05 bits per heavy atom. The van der Waals surface area contributed by atoms with E-state index in [1.165, 1.54) is 11.1 Å². The van der Waals surface area contributed by atoms with E-state index in [0.717, 1.165) is 41.9 Å². The molecule has 22 heavy (non-hydrogen) atoms. The summed E-state index contributed by atoms with van der Waals surface area (Å²) in [6, 6.07) is 6.30. The Balaban J connectivity index is 2.49. The average Bonchev–Trinajstić information content (AvgIpc) is 2.51. The molecule has 0 unspecified atom stereocenters. The molecule has 0 aromatic carbocycles. The van der Waals surface area contributed by atoms with Crippen LogP contribution in [0.5, 0.6) is 5.88 Å². The SMILES string of the molecule is CCCc1cc(C)c(-c2ccc(OCC)nc2CC)nc1C. The molecule has 0 amide bonds. The molecule has 0 atom stereocenters. The van der Waals surface area contributed by atoms with Gasteiger partial charge in [-0.1, -0.05) is 26.3 Å². The minimum Gasteiger partial charge on any atom is -0.478 e. The third-order valence-corrected chi connectivity index (χ3v) is 3.86. The lowest BCUT2D eigenvalue weighted by Crippen LogP contribution is -2.03. The summed E-state index contributed by atoms with van der Waals surface area (Å²) < 4.78 is 5.51. The molecule has 0 aliphatic rings. The van der Waals surface area contributed by atoms with Crippen LogP contribution in [0.15, 0.2) is 18.2 Å². The smallest absolute Gasteiger partial charge is 0.213 e. The molecule has 2 aromatic rings. The lowest BCUT2D eigenvalue weighted by molar-refractivity contribution is 0.326. The highest BCUT2D eigenvalue weighted by Gasteiger charge is 2.13. The number of hydrogen-bond acceptors (Lipinski definition) is 3. The first kappa shape index (κ1) is 16.5. The third-order valence-electron chi connectivity index (χ3n) is 3.86. The molecule has 2 rings (SSSR count). The fourth-order valence-corrected chi connectivity index (χ4v) is 2.75. The molecule has 0 saturated heterocycles. The molecular weight excluding hydrogens is 272 g/mol. The first-order chi connectivity index (χ1) is 10.6. The number of hydrogen-bond donors (Lipinski definition) is 0. The van der Waals surface area contributed by atoms with Gasteiger partial charge in [0, 0.05) is 17.3 Å². The van der Waals surface area contributed by atoms with E-state index in [1.807, 2.05) is 13.0 Å². The summed E-state index contributed by atoms with van der Waals surface area (Å²) in [7, 11) is 0. The number of pyridine rings is 2. The van der Waals surface area contributed by atoms with Gasteiger partial charge in [0.15, 0.2) is 0 Å². The molecule has 3 heteroatoms. The summed E-state index contributed by atoms with van der Waals surface area (Å²) in [6.07, 6.45) is 3.10. The van der Waals surface area contributed by atoms with E-state index in [2.05, 4.69) is 44.8 Å². The van der Waals surface area contributed by atoms with Crippen LogP contribution >= 0.6 is 0 Å². The van der Waals surface area contributed by atoms with Crippen molar-refractivity contribution in [1.82, 2.24) is 9.97 Å². The number of nitrogens with zero attached hydrogens (tertiary/aromatic N) is 2. The van der Waals surface area contributed by atoms with Gasteiger partial charge in [0.05, 0.1) is 18.0 Å². The van der Waals surface area contributed by atoms with Crippen LogP contribution in [-0.2, 0) is 12.8 Å². The number of aryl methyl sites for hydroxylation is 4. The second kappa shape index (κ2) is 7.39. The van der Waals surface area contributed by atoms with Crippen molar-refractivity contribution in [2.75, 3.05) is 6.61 Å². The predicted molar refractivity (Wildman–Crippen MR) is 91.5 cm³/mol. The van der Waals surface area contributed by atoms with E-state index in [4.69, 9.17) is 9.72 Å². The Hall–Kier alpha value is -1.90. The second-order valence-corrected chi connectivity index (χ2v) is 5.58. The topological polar surface area (TPSA) is 35.0 Å². The van der Waals surface area contributed by atoms with Gasteiger partial charge in [0.25, 0.3) is 0 Å². The van der Waals surface area contributed by atoms with E-state index in [9.17, 15) is 0 Å². The monoisotopic (exact) mass is 298 g/mol. The van der Waals surface area contributed by atoms with Crippen molar-refractivity contribution >= 4 is 0 Å². The highest BCUT2D eigenvalue weighted by Crippen LogP contribution is 2.28. The average molecular weight is 298 g/mol. The van der Waals surface area contributed by atoms with Crippen LogP contribution in [0.1, 0.15) is 49.7 Å². The summed E-state index contributed by atoms with van der Waals surface area (Å²) in [6.45, 7) is 11.2. The maximum Gasteiger partial charge on any atom is 0.213 e. The minimum atomic E-state index is 0.637. The van der Waals surface area contributed by atoms with Gasteiger partial charge in [-0.15, -0.1) is 0 Å². The molecule has 2 heterocycles. The van der Waals surface area contributed by atoms with E-state index >= 15 is 0 Å². The quantitative estimate of drug-likeness (QED) is 0.777. The van der Waals surface area contributed by atoms with E-state index < -0.39 is 0 Å². The number of ether oxygens (including phenoxy) is 1. The summed E-state index contributed by atoms with van der Waals surface area (Å²) >= 11 is 0. The van der Waals surface area contributed by atoms with Gasteiger partial charge in [-0.2, -0.15) is 0 Å².